The molecule has 18 heavy (non-hydrogen) atoms. The average Bonchev–Trinajstić information content (AvgIpc) is 2.47. The number of hydrogen-bond donors (Lipinski definition) is 1. The Kier molecular flexibility index (Phi) is 3.32. The van der Waals surface area contributed by atoms with Crippen molar-refractivity contribution < 1.29 is 0 Å². The van der Waals surface area contributed by atoms with Crippen LogP contribution < -0.4 is 10.2 Å². The molecule has 0 spiro atoms. The molecular formula is C13H21N5. The van der Waals surface area contributed by atoms with Crippen molar-refractivity contribution in [1.29, 1.82) is 0 Å². The van der Waals surface area contributed by atoms with E-state index in [2.05, 4.69) is 25.1 Å². The third-order valence-electron chi connectivity index (χ3n) is 4.03. The molecule has 1 unspecified atom stereocenters. The third kappa shape index (κ3) is 2.27. The van der Waals surface area contributed by atoms with E-state index in [0.29, 0.717) is 5.95 Å². The Morgan fingerprint density at radius 2 is 2.22 bits per heavy atom. The molecule has 2 fully saturated rings. The van der Waals surface area contributed by atoms with E-state index in [4.69, 9.17) is 0 Å². The first-order valence-electron chi connectivity index (χ1n) is 6.86. The standard InChI is InChI=1S/C13H21N5/c1-14-13-15-6-5-12(16-13)18-9-8-17-7-3-2-4-11(17)10-18/h5-6,11H,2-4,7-10H2,1H3,(H,14,15,16). The molecule has 1 N–H and O–H groups in total. The van der Waals surface area contributed by atoms with Crippen molar-refractivity contribution >= 4 is 11.8 Å². The van der Waals surface area contributed by atoms with Crippen LogP contribution in [-0.4, -0.2) is 54.1 Å². The zero-order valence-corrected chi connectivity index (χ0v) is 11.0. The van der Waals surface area contributed by atoms with Crippen LogP contribution in [0.1, 0.15) is 19.3 Å². The van der Waals surface area contributed by atoms with Gasteiger partial charge in [0.1, 0.15) is 5.82 Å². The Labute approximate surface area is 108 Å². The number of rotatable bonds is 2. The van der Waals surface area contributed by atoms with Gasteiger partial charge in [-0.3, -0.25) is 4.90 Å². The first-order valence-corrected chi connectivity index (χ1v) is 6.86. The fraction of sp³-hybridized carbons (Fsp3) is 0.692. The summed E-state index contributed by atoms with van der Waals surface area (Å²) >= 11 is 0. The Hall–Kier alpha value is -1.36. The molecule has 0 aliphatic carbocycles. The summed E-state index contributed by atoms with van der Waals surface area (Å²) < 4.78 is 0. The van der Waals surface area contributed by atoms with E-state index in [9.17, 15) is 0 Å². The molecule has 1 atom stereocenters. The Morgan fingerprint density at radius 3 is 3.11 bits per heavy atom. The minimum atomic E-state index is 0.707. The van der Waals surface area contributed by atoms with Gasteiger partial charge in [0.15, 0.2) is 0 Å². The van der Waals surface area contributed by atoms with Gasteiger partial charge in [-0.05, 0) is 25.5 Å². The maximum atomic E-state index is 4.54. The summed E-state index contributed by atoms with van der Waals surface area (Å²) in [6.07, 6.45) is 5.91. The third-order valence-corrected chi connectivity index (χ3v) is 4.03. The second kappa shape index (κ2) is 5.10. The number of nitrogens with one attached hydrogen (secondary N) is 1. The van der Waals surface area contributed by atoms with Crippen molar-refractivity contribution in [2.75, 3.05) is 43.4 Å². The van der Waals surface area contributed by atoms with Gasteiger partial charge in [-0.1, -0.05) is 6.42 Å². The zero-order chi connectivity index (χ0) is 12.4. The predicted molar refractivity (Wildman–Crippen MR) is 73.0 cm³/mol. The maximum absolute atomic E-state index is 4.54. The topological polar surface area (TPSA) is 44.3 Å². The molecule has 2 saturated heterocycles. The van der Waals surface area contributed by atoms with E-state index in [0.717, 1.165) is 24.9 Å². The fourth-order valence-corrected chi connectivity index (χ4v) is 3.01. The maximum Gasteiger partial charge on any atom is 0.224 e. The van der Waals surface area contributed by atoms with Crippen LogP contribution in [0.3, 0.4) is 0 Å². The Balaban J connectivity index is 1.72. The highest BCUT2D eigenvalue weighted by atomic mass is 15.3. The van der Waals surface area contributed by atoms with Gasteiger partial charge < -0.3 is 10.2 Å². The molecule has 98 valence electrons. The van der Waals surface area contributed by atoms with Gasteiger partial charge in [0.05, 0.1) is 0 Å². The van der Waals surface area contributed by atoms with Gasteiger partial charge >= 0.3 is 0 Å². The smallest absolute Gasteiger partial charge is 0.224 e. The van der Waals surface area contributed by atoms with Gasteiger partial charge in [-0.15, -0.1) is 0 Å². The number of fused-ring (bicyclic) bond motifs is 1. The lowest BCUT2D eigenvalue weighted by Gasteiger charge is -2.44. The van der Waals surface area contributed by atoms with Crippen molar-refractivity contribution in [2.24, 2.45) is 0 Å². The van der Waals surface area contributed by atoms with Crippen LogP contribution in [0, 0.1) is 0 Å². The largest absolute Gasteiger partial charge is 0.357 e. The summed E-state index contributed by atoms with van der Waals surface area (Å²) in [5, 5.41) is 3.00. The number of hydrogen-bond acceptors (Lipinski definition) is 5. The molecule has 3 heterocycles. The quantitative estimate of drug-likeness (QED) is 0.850. The minimum absolute atomic E-state index is 0.707. The number of aromatic nitrogens is 2. The van der Waals surface area contributed by atoms with Crippen LogP contribution >= 0.6 is 0 Å². The number of anilines is 2. The summed E-state index contributed by atoms with van der Waals surface area (Å²) in [6.45, 7) is 4.64. The molecule has 0 amide bonds. The van der Waals surface area contributed by atoms with Crippen LogP contribution in [0.2, 0.25) is 0 Å². The minimum Gasteiger partial charge on any atom is -0.357 e. The van der Waals surface area contributed by atoms with Crippen LogP contribution in [0.5, 0.6) is 0 Å². The number of piperidine rings is 1. The molecule has 0 aromatic carbocycles. The molecule has 0 bridgehead atoms. The number of piperazine rings is 1. The van der Waals surface area contributed by atoms with Crippen LogP contribution in [0.15, 0.2) is 12.3 Å². The molecule has 5 heteroatoms. The normalized spacial score (nSPS) is 24.7. The van der Waals surface area contributed by atoms with Crippen molar-refractivity contribution in [3.63, 3.8) is 0 Å². The molecule has 2 aliphatic rings. The molecule has 2 aliphatic heterocycles. The molecule has 0 radical (unpaired) electrons. The van der Waals surface area contributed by atoms with E-state index in [1.165, 1.54) is 32.4 Å². The summed E-state index contributed by atoms with van der Waals surface area (Å²) in [5.74, 6) is 1.76. The average molecular weight is 247 g/mol. The van der Waals surface area contributed by atoms with E-state index in [1.54, 1.807) is 0 Å². The molecule has 1 aromatic heterocycles. The summed E-state index contributed by atoms with van der Waals surface area (Å²) in [7, 11) is 1.86. The van der Waals surface area contributed by atoms with Gasteiger partial charge in [0.2, 0.25) is 5.95 Å². The first kappa shape index (κ1) is 11.7. The molecule has 0 saturated carbocycles. The van der Waals surface area contributed by atoms with Crippen molar-refractivity contribution in [2.45, 2.75) is 25.3 Å². The van der Waals surface area contributed by atoms with Crippen molar-refractivity contribution in [3.8, 4) is 0 Å². The summed E-state index contributed by atoms with van der Waals surface area (Å²) in [4.78, 5) is 13.7. The first-order chi connectivity index (χ1) is 8.86. The van der Waals surface area contributed by atoms with Crippen molar-refractivity contribution in [1.82, 2.24) is 14.9 Å². The molecule has 5 nitrogen and oxygen atoms in total. The van der Waals surface area contributed by atoms with Gasteiger partial charge in [0, 0.05) is 38.9 Å². The Morgan fingerprint density at radius 1 is 1.28 bits per heavy atom. The molecule has 1 aromatic rings. The van der Waals surface area contributed by atoms with Gasteiger partial charge in [-0.25, -0.2) is 4.98 Å². The Bertz CT molecular complexity index is 408. The highest BCUT2D eigenvalue weighted by Gasteiger charge is 2.29. The lowest BCUT2D eigenvalue weighted by Crippen LogP contribution is -2.55. The van der Waals surface area contributed by atoms with Crippen molar-refractivity contribution in [3.05, 3.63) is 12.3 Å². The lowest BCUT2D eigenvalue weighted by molar-refractivity contribution is 0.133. The molecular weight excluding hydrogens is 226 g/mol. The fourth-order valence-electron chi connectivity index (χ4n) is 3.01. The van der Waals surface area contributed by atoms with Crippen LogP contribution in [0.4, 0.5) is 11.8 Å². The summed E-state index contributed by atoms with van der Waals surface area (Å²) in [5.41, 5.74) is 0. The van der Waals surface area contributed by atoms with Gasteiger partial charge in [-0.2, -0.15) is 4.98 Å². The van der Waals surface area contributed by atoms with E-state index < -0.39 is 0 Å². The number of nitrogens with zero attached hydrogens (tertiary/aromatic N) is 4. The van der Waals surface area contributed by atoms with Crippen LogP contribution in [0.25, 0.3) is 0 Å². The monoisotopic (exact) mass is 247 g/mol. The van der Waals surface area contributed by atoms with E-state index in [-0.39, 0.29) is 0 Å². The highest BCUT2D eigenvalue weighted by molar-refractivity contribution is 5.43. The van der Waals surface area contributed by atoms with Crippen LogP contribution in [-0.2, 0) is 0 Å². The SMILES string of the molecule is CNc1nccc(N2CCN3CCCCC3C2)n1. The predicted octanol–water partition coefficient (Wildman–Crippen LogP) is 1.19. The van der Waals surface area contributed by atoms with E-state index in [1.807, 2.05) is 19.3 Å². The zero-order valence-electron chi connectivity index (χ0n) is 11.0. The lowest BCUT2D eigenvalue weighted by atomic mass is 9.99. The highest BCUT2D eigenvalue weighted by Crippen LogP contribution is 2.24. The molecule has 3 rings (SSSR count). The van der Waals surface area contributed by atoms with E-state index >= 15 is 0 Å². The second-order valence-corrected chi connectivity index (χ2v) is 5.12. The summed E-state index contributed by atoms with van der Waals surface area (Å²) in [6, 6.07) is 2.74. The van der Waals surface area contributed by atoms with Gasteiger partial charge in [0.25, 0.3) is 0 Å². The second-order valence-electron chi connectivity index (χ2n) is 5.12.